The first-order valence-corrected chi connectivity index (χ1v) is 9.05. The number of anilines is 1. The Kier molecular flexibility index (Phi) is 4.01. The molecule has 2 aliphatic heterocycles. The van der Waals surface area contributed by atoms with Gasteiger partial charge in [-0.3, -0.25) is 9.59 Å². The van der Waals surface area contributed by atoms with E-state index in [1.165, 1.54) is 0 Å². The van der Waals surface area contributed by atoms with Crippen LogP contribution in [0.25, 0.3) is 0 Å². The van der Waals surface area contributed by atoms with Crippen LogP contribution in [0.3, 0.4) is 0 Å². The topological polar surface area (TPSA) is 61.4 Å². The van der Waals surface area contributed by atoms with Crippen LogP contribution in [0.2, 0.25) is 5.02 Å². The van der Waals surface area contributed by atoms with E-state index in [0.717, 1.165) is 38.0 Å². The van der Waals surface area contributed by atoms with Crippen LogP contribution in [-0.4, -0.2) is 37.5 Å². The molecule has 2 saturated heterocycles. The minimum Gasteiger partial charge on any atom is -0.344 e. The summed E-state index contributed by atoms with van der Waals surface area (Å²) < 4.78 is 0. The molecular weight excluding hydrogens is 326 g/mol. The number of hydrogen-bond donors (Lipinski definition) is 2. The van der Waals surface area contributed by atoms with Crippen LogP contribution in [0.1, 0.15) is 25.7 Å². The van der Waals surface area contributed by atoms with E-state index in [-0.39, 0.29) is 23.1 Å². The van der Waals surface area contributed by atoms with Gasteiger partial charge in [-0.15, -0.1) is 0 Å². The van der Waals surface area contributed by atoms with Gasteiger partial charge in [0.15, 0.2) is 0 Å². The van der Waals surface area contributed by atoms with Gasteiger partial charge in [-0.1, -0.05) is 17.7 Å². The molecule has 6 heteroatoms. The zero-order valence-corrected chi connectivity index (χ0v) is 14.3. The molecule has 1 spiro atoms. The van der Waals surface area contributed by atoms with Gasteiger partial charge >= 0.3 is 0 Å². The molecule has 5 nitrogen and oxygen atoms in total. The maximum absolute atomic E-state index is 12.6. The van der Waals surface area contributed by atoms with Crippen molar-refractivity contribution in [1.29, 1.82) is 0 Å². The van der Waals surface area contributed by atoms with Crippen LogP contribution in [0.4, 0.5) is 5.69 Å². The summed E-state index contributed by atoms with van der Waals surface area (Å²) in [7, 11) is 0. The average molecular weight is 348 g/mol. The molecule has 2 atom stereocenters. The molecule has 4 rings (SSSR count). The lowest BCUT2D eigenvalue weighted by Crippen LogP contribution is -2.43. The molecule has 1 saturated carbocycles. The van der Waals surface area contributed by atoms with Crippen LogP contribution >= 0.6 is 11.6 Å². The monoisotopic (exact) mass is 347 g/mol. The lowest BCUT2D eigenvalue weighted by molar-refractivity contribution is -0.127. The van der Waals surface area contributed by atoms with Crippen LogP contribution in [-0.2, 0) is 9.59 Å². The van der Waals surface area contributed by atoms with Crippen molar-refractivity contribution < 1.29 is 9.59 Å². The molecule has 2 heterocycles. The predicted molar refractivity (Wildman–Crippen MR) is 93.0 cm³/mol. The SMILES string of the molecule is O=C(NC1CCN(c2cccc(Cl)c2)C1=O)C1CC12CCNCC2. The van der Waals surface area contributed by atoms with Gasteiger partial charge in [0.1, 0.15) is 6.04 Å². The van der Waals surface area contributed by atoms with E-state index in [1.54, 1.807) is 17.0 Å². The Bertz CT molecular complexity index is 672. The van der Waals surface area contributed by atoms with Crippen LogP contribution < -0.4 is 15.5 Å². The smallest absolute Gasteiger partial charge is 0.249 e. The second-order valence-electron chi connectivity index (χ2n) is 7.19. The molecule has 1 aliphatic carbocycles. The lowest BCUT2D eigenvalue weighted by Gasteiger charge is -2.23. The molecule has 2 amide bonds. The molecule has 1 aromatic carbocycles. The van der Waals surface area contributed by atoms with Crippen molar-refractivity contribution in [2.75, 3.05) is 24.5 Å². The van der Waals surface area contributed by atoms with Gasteiger partial charge in [0, 0.05) is 23.2 Å². The fourth-order valence-corrected chi connectivity index (χ4v) is 4.37. The minimum absolute atomic E-state index is 0.0365. The van der Waals surface area contributed by atoms with Crippen molar-refractivity contribution in [3.63, 3.8) is 0 Å². The Morgan fingerprint density at radius 1 is 1.33 bits per heavy atom. The van der Waals surface area contributed by atoms with Crippen molar-refractivity contribution in [2.45, 2.75) is 31.7 Å². The fraction of sp³-hybridized carbons (Fsp3) is 0.556. The number of nitrogens with one attached hydrogen (secondary N) is 2. The molecule has 3 fully saturated rings. The number of halogens is 1. The molecule has 3 aliphatic rings. The van der Waals surface area contributed by atoms with Crippen molar-refractivity contribution in [3.05, 3.63) is 29.3 Å². The Balaban J connectivity index is 1.38. The Hall–Kier alpha value is -1.59. The zero-order valence-electron chi connectivity index (χ0n) is 13.6. The highest BCUT2D eigenvalue weighted by atomic mass is 35.5. The highest BCUT2D eigenvalue weighted by Gasteiger charge is 2.58. The highest BCUT2D eigenvalue weighted by Crippen LogP contribution is 2.58. The van der Waals surface area contributed by atoms with Gasteiger partial charge in [-0.2, -0.15) is 0 Å². The van der Waals surface area contributed by atoms with Crippen LogP contribution in [0.15, 0.2) is 24.3 Å². The summed E-state index contributed by atoms with van der Waals surface area (Å²) in [6.07, 6.45) is 3.76. The van der Waals surface area contributed by atoms with Gasteiger partial charge in [0.2, 0.25) is 11.8 Å². The van der Waals surface area contributed by atoms with E-state index < -0.39 is 6.04 Å². The Morgan fingerprint density at radius 2 is 2.12 bits per heavy atom. The first-order chi connectivity index (χ1) is 11.6. The first-order valence-electron chi connectivity index (χ1n) is 8.67. The maximum atomic E-state index is 12.6. The summed E-state index contributed by atoms with van der Waals surface area (Å²) in [6, 6.07) is 6.88. The fourth-order valence-electron chi connectivity index (χ4n) is 4.18. The quantitative estimate of drug-likeness (QED) is 0.878. The third-order valence-electron chi connectivity index (χ3n) is 5.75. The second-order valence-corrected chi connectivity index (χ2v) is 7.63. The molecule has 0 radical (unpaired) electrons. The van der Waals surface area contributed by atoms with E-state index in [9.17, 15) is 9.59 Å². The number of benzene rings is 1. The van der Waals surface area contributed by atoms with Gasteiger partial charge in [0.05, 0.1) is 0 Å². The molecule has 0 bridgehead atoms. The molecular formula is C18H22ClN3O2. The van der Waals surface area contributed by atoms with E-state index in [4.69, 9.17) is 11.6 Å². The first kappa shape index (κ1) is 15.9. The van der Waals surface area contributed by atoms with Gasteiger partial charge in [0.25, 0.3) is 0 Å². The largest absolute Gasteiger partial charge is 0.344 e. The normalized spacial score (nSPS) is 28.2. The number of nitrogens with zero attached hydrogens (tertiary/aromatic N) is 1. The number of rotatable bonds is 3. The highest BCUT2D eigenvalue weighted by molar-refractivity contribution is 6.31. The van der Waals surface area contributed by atoms with Gasteiger partial charge < -0.3 is 15.5 Å². The molecule has 24 heavy (non-hydrogen) atoms. The Labute approximate surface area is 146 Å². The van der Waals surface area contributed by atoms with Gasteiger partial charge in [-0.05, 0) is 62.4 Å². The summed E-state index contributed by atoms with van der Waals surface area (Å²) in [5.41, 5.74) is 0.995. The number of piperidine rings is 1. The van der Waals surface area contributed by atoms with Crippen LogP contribution in [0.5, 0.6) is 0 Å². The van der Waals surface area contributed by atoms with E-state index in [0.29, 0.717) is 18.0 Å². The van der Waals surface area contributed by atoms with Crippen molar-refractivity contribution >= 4 is 29.1 Å². The van der Waals surface area contributed by atoms with Crippen molar-refractivity contribution in [3.8, 4) is 0 Å². The van der Waals surface area contributed by atoms with Crippen molar-refractivity contribution in [2.24, 2.45) is 11.3 Å². The second kappa shape index (κ2) is 6.05. The van der Waals surface area contributed by atoms with E-state index in [2.05, 4.69) is 10.6 Å². The van der Waals surface area contributed by atoms with E-state index in [1.807, 2.05) is 12.1 Å². The van der Waals surface area contributed by atoms with Gasteiger partial charge in [-0.25, -0.2) is 0 Å². The zero-order chi connectivity index (χ0) is 16.7. The lowest BCUT2D eigenvalue weighted by atomic mass is 9.91. The number of carbonyl (C=O) groups excluding carboxylic acids is 2. The maximum Gasteiger partial charge on any atom is 0.249 e. The molecule has 2 unspecified atom stereocenters. The van der Waals surface area contributed by atoms with Crippen molar-refractivity contribution in [1.82, 2.24) is 10.6 Å². The summed E-state index contributed by atoms with van der Waals surface area (Å²) in [4.78, 5) is 26.9. The summed E-state index contributed by atoms with van der Waals surface area (Å²) in [5.74, 6) is 0.112. The summed E-state index contributed by atoms with van der Waals surface area (Å²) in [5, 5.41) is 6.95. The minimum atomic E-state index is -0.407. The molecule has 2 N–H and O–H groups in total. The predicted octanol–water partition coefficient (Wildman–Crippen LogP) is 1.95. The average Bonchev–Trinajstić information content (AvgIpc) is 3.15. The van der Waals surface area contributed by atoms with E-state index >= 15 is 0 Å². The summed E-state index contributed by atoms with van der Waals surface area (Å²) >= 11 is 6.01. The molecule has 1 aromatic rings. The summed E-state index contributed by atoms with van der Waals surface area (Å²) in [6.45, 7) is 2.60. The number of amides is 2. The molecule has 0 aromatic heterocycles. The third-order valence-corrected chi connectivity index (χ3v) is 5.98. The molecule has 128 valence electrons. The standard InChI is InChI=1S/C18H22ClN3O2/c19-12-2-1-3-13(10-12)22-9-4-15(17(22)24)21-16(23)14-11-18(14)5-7-20-8-6-18/h1-3,10,14-15,20H,4-9,11H2,(H,21,23). The Morgan fingerprint density at radius 3 is 2.88 bits per heavy atom. The number of hydrogen-bond acceptors (Lipinski definition) is 3. The van der Waals surface area contributed by atoms with Crippen LogP contribution in [0, 0.1) is 11.3 Å². The number of carbonyl (C=O) groups is 2. The third kappa shape index (κ3) is 2.80.